The summed E-state index contributed by atoms with van der Waals surface area (Å²) in [7, 11) is 0. The van der Waals surface area contributed by atoms with E-state index in [1.165, 1.54) is 0 Å². The van der Waals surface area contributed by atoms with Gasteiger partial charge in [0.1, 0.15) is 0 Å². The van der Waals surface area contributed by atoms with Gasteiger partial charge in [-0.25, -0.2) is 4.68 Å². The minimum atomic E-state index is -0.934. The highest BCUT2D eigenvalue weighted by Crippen LogP contribution is 2.17. The first-order valence-electron chi connectivity index (χ1n) is 8.11. The lowest BCUT2D eigenvalue weighted by molar-refractivity contribution is -0.141. The predicted molar refractivity (Wildman–Crippen MR) is 91.3 cm³/mol. The molecule has 0 aliphatic carbocycles. The topological polar surface area (TPSA) is 84.2 Å². The number of carbonyl (C=O) groups excluding carboxylic acids is 1. The Hall–Kier alpha value is -2.63. The van der Waals surface area contributed by atoms with Crippen LogP contribution in [-0.4, -0.2) is 32.8 Å². The Labute approximate surface area is 141 Å². The van der Waals surface area contributed by atoms with Crippen molar-refractivity contribution in [1.82, 2.24) is 15.1 Å². The Morgan fingerprint density at radius 3 is 2.50 bits per heavy atom. The van der Waals surface area contributed by atoms with E-state index in [4.69, 9.17) is 5.11 Å². The van der Waals surface area contributed by atoms with E-state index in [2.05, 4.69) is 10.4 Å². The van der Waals surface area contributed by atoms with Crippen molar-refractivity contribution in [2.75, 3.05) is 0 Å². The fourth-order valence-electron chi connectivity index (χ4n) is 2.46. The van der Waals surface area contributed by atoms with E-state index in [1.807, 2.05) is 37.3 Å². The Kier molecular flexibility index (Phi) is 5.73. The lowest BCUT2D eigenvalue weighted by Gasteiger charge is -2.18. The predicted octanol–water partition coefficient (Wildman–Crippen LogP) is 2.66. The average Bonchev–Trinajstić information content (AvgIpc) is 2.99. The number of nitrogens with one attached hydrogen (secondary N) is 1. The molecule has 0 aliphatic rings. The van der Waals surface area contributed by atoms with Crippen LogP contribution in [0.1, 0.15) is 43.2 Å². The first-order valence-corrected chi connectivity index (χ1v) is 8.11. The van der Waals surface area contributed by atoms with E-state index < -0.39 is 17.9 Å². The number of hydrogen-bond donors (Lipinski definition) is 2. The van der Waals surface area contributed by atoms with Crippen molar-refractivity contribution in [2.24, 2.45) is 5.92 Å². The molecule has 0 aliphatic heterocycles. The van der Waals surface area contributed by atoms with Crippen LogP contribution in [0.5, 0.6) is 0 Å². The van der Waals surface area contributed by atoms with Gasteiger partial charge in [-0.15, -0.1) is 0 Å². The Morgan fingerprint density at radius 1 is 1.25 bits per heavy atom. The van der Waals surface area contributed by atoms with Gasteiger partial charge in [-0.1, -0.05) is 31.5 Å². The van der Waals surface area contributed by atoms with Gasteiger partial charge in [-0.05, 0) is 32.4 Å². The molecule has 2 aromatic rings. The molecule has 6 heteroatoms. The SMILES string of the molecule is CCCc1c(C(=O)NC(C)C(C)C(=O)O)cnn1-c1ccccc1. The summed E-state index contributed by atoms with van der Waals surface area (Å²) < 4.78 is 1.77. The van der Waals surface area contributed by atoms with Crippen molar-refractivity contribution >= 4 is 11.9 Å². The largest absolute Gasteiger partial charge is 0.481 e. The number of aromatic nitrogens is 2. The van der Waals surface area contributed by atoms with Crippen molar-refractivity contribution in [1.29, 1.82) is 0 Å². The summed E-state index contributed by atoms with van der Waals surface area (Å²) in [6, 6.07) is 9.16. The number of para-hydroxylation sites is 1. The zero-order chi connectivity index (χ0) is 17.7. The van der Waals surface area contributed by atoms with Crippen molar-refractivity contribution in [2.45, 2.75) is 39.7 Å². The van der Waals surface area contributed by atoms with E-state index in [0.29, 0.717) is 12.0 Å². The number of nitrogens with zero attached hydrogens (tertiary/aromatic N) is 2. The molecule has 128 valence electrons. The molecule has 2 N–H and O–H groups in total. The summed E-state index contributed by atoms with van der Waals surface area (Å²) in [6.07, 6.45) is 3.13. The van der Waals surface area contributed by atoms with Crippen LogP contribution >= 0.6 is 0 Å². The number of carboxylic acids is 1. The average molecular weight is 329 g/mol. The van der Waals surface area contributed by atoms with E-state index in [1.54, 1.807) is 24.7 Å². The molecule has 0 fully saturated rings. The van der Waals surface area contributed by atoms with Crippen LogP contribution < -0.4 is 5.32 Å². The van der Waals surface area contributed by atoms with Crippen molar-refractivity contribution in [3.63, 3.8) is 0 Å². The molecular weight excluding hydrogens is 306 g/mol. The summed E-state index contributed by atoms with van der Waals surface area (Å²) in [5.41, 5.74) is 2.22. The van der Waals surface area contributed by atoms with E-state index in [9.17, 15) is 9.59 Å². The lowest BCUT2D eigenvalue weighted by Crippen LogP contribution is -2.40. The molecule has 24 heavy (non-hydrogen) atoms. The molecule has 0 saturated heterocycles. The van der Waals surface area contributed by atoms with Crippen molar-refractivity contribution < 1.29 is 14.7 Å². The molecule has 6 nitrogen and oxygen atoms in total. The second-order valence-corrected chi connectivity index (χ2v) is 5.89. The summed E-state index contributed by atoms with van der Waals surface area (Å²) in [4.78, 5) is 23.6. The van der Waals surface area contributed by atoms with Crippen molar-refractivity contribution in [3.8, 4) is 5.69 Å². The van der Waals surface area contributed by atoms with Gasteiger partial charge in [0.15, 0.2) is 0 Å². The van der Waals surface area contributed by atoms with Crippen LogP contribution in [0.15, 0.2) is 36.5 Å². The maximum atomic E-state index is 12.6. The maximum Gasteiger partial charge on any atom is 0.308 e. The molecule has 2 rings (SSSR count). The third kappa shape index (κ3) is 3.82. The monoisotopic (exact) mass is 329 g/mol. The number of carbonyl (C=O) groups is 2. The third-order valence-electron chi connectivity index (χ3n) is 4.10. The summed E-state index contributed by atoms with van der Waals surface area (Å²) in [5, 5.41) is 16.2. The minimum absolute atomic E-state index is 0.291. The number of benzene rings is 1. The molecule has 2 atom stereocenters. The van der Waals surface area contributed by atoms with Crippen LogP contribution in [0.3, 0.4) is 0 Å². The summed E-state index contributed by atoms with van der Waals surface area (Å²) >= 11 is 0. The zero-order valence-electron chi connectivity index (χ0n) is 14.2. The van der Waals surface area contributed by atoms with Gasteiger partial charge in [-0.3, -0.25) is 9.59 Å². The number of hydrogen-bond acceptors (Lipinski definition) is 3. The van der Waals surface area contributed by atoms with Crippen LogP contribution in [0, 0.1) is 5.92 Å². The zero-order valence-corrected chi connectivity index (χ0v) is 14.2. The van der Waals surface area contributed by atoms with Gasteiger partial charge in [-0.2, -0.15) is 5.10 Å². The first-order chi connectivity index (χ1) is 11.5. The number of carboxylic acid groups (broad SMARTS) is 1. The van der Waals surface area contributed by atoms with Crippen LogP contribution in [0.2, 0.25) is 0 Å². The number of rotatable bonds is 7. The summed E-state index contributed by atoms with van der Waals surface area (Å²) in [5.74, 6) is -1.88. The highest BCUT2D eigenvalue weighted by molar-refractivity contribution is 5.95. The minimum Gasteiger partial charge on any atom is -0.481 e. The fourth-order valence-corrected chi connectivity index (χ4v) is 2.46. The molecule has 1 aromatic carbocycles. The first kappa shape index (κ1) is 17.7. The fraction of sp³-hybridized carbons (Fsp3) is 0.389. The molecule has 1 heterocycles. The lowest BCUT2D eigenvalue weighted by atomic mass is 10.0. The van der Waals surface area contributed by atoms with Crippen LogP contribution in [0.25, 0.3) is 5.69 Å². The Morgan fingerprint density at radius 2 is 1.92 bits per heavy atom. The molecule has 1 aromatic heterocycles. The number of aliphatic carboxylic acids is 1. The molecule has 0 saturated carbocycles. The van der Waals surface area contributed by atoms with E-state index in [0.717, 1.165) is 17.8 Å². The molecule has 0 bridgehead atoms. The Balaban J connectivity index is 2.28. The van der Waals surface area contributed by atoms with Gasteiger partial charge >= 0.3 is 5.97 Å². The van der Waals surface area contributed by atoms with E-state index >= 15 is 0 Å². The van der Waals surface area contributed by atoms with Crippen LogP contribution in [-0.2, 0) is 11.2 Å². The second-order valence-electron chi connectivity index (χ2n) is 5.89. The quantitative estimate of drug-likeness (QED) is 0.818. The third-order valence-corrected chi connectivity index (χ3v) is 4.10. The van der Waals surface area contributed by atoms with E-state index in [-0.39, 0.29) is 5.91 Å². The normalized spacial score (nSPS) is 13.3. The summed E-state index contributed by atoms with van der Waals surface area (Å²) in [6.45, 7) is 5.31. The van der Waals surface area contributed by atoms with Gasteiger partial charge in [0.2, 0.25) is 0 Å². The van der Waals surface area contributed by atoms with Gasteiger partial charge in [0.25, 0.3) is 5.91 Å². The molecule has 2 unspecified atom stereocenters. The Bertz CT molecular complexity index is 710. The molecule has 0 radical (unpaired) electrons. The highest BCUT2D eigenvalue weighted by atomic mass is 16.4. The standard InChI is InChI=1S/C18H23N3O3/c1-4-8-16-15(17(22)20-13(3)12(2)18(23)24)11-19-21(16)14-9-6-5-7-10-14/h5-7,9-13H,4,8H2,1-3H3,(H,20,22)(H,23,24). The van der Waals surface area contributed by atoms with Gasteiger partial charge < -0.3 is 10.4 Å². The maximum absolute atomic E-state index is 12.6. The molecular formula is C18H23N3O3. The van der Waals surface area contributed by atoms with Crippen LogP contribution in [0.4, 0.5) is 0 Å². The second kappa shape index (κ2) is 7.77. The smallest absolute Gasteiger partial charge is 0.308 e. The van der Waals surface area contributed by atoms with Crippen molar-refractivity contribution in [3.05, 3.63) is 47.8 Å². The molecule has 1 amide bonds. The highest BCUT2D eigenvalue weighted by Gasteiger charge is 2.24. The molecule has 0 spiro atoms. The van der Waals surface area contributed by atoms with Gasteiger partial charge in [0.05, 0.1) is 29.1 Å². The number of amides is 1. The van der Waals surface area contributed by atoms with Gasteiger partial charge in [0, 0.05) is 6.04 Å².